The Bertz CT molecular complexity index is 929. The molecule has 1 heterocycles. The zero-order valence-corrected chi connectivity index (χ0v) is 15.5. The molecule has 0 aliphatic rings. The summed E-state index contributed by atoms with van der Waals surface area (Å²) < 4.78 is 0. The van der Waals surface area contributed by atoms with E-state index in [1.54, 1.807) is 24.3 Å². The van der Waals surface area contributed by atoms with Crippen LogP contribution in [0.2, 0.25) is 10.0 Å². The first-order valence-electron chi connectivity index (χ1n) is 7.90. The van der Waals surface area contributed by atoms with E-state index in [2.05, 4.69) is 20.6 Å². The third-order valence-corrected chi connectivity index (χ3v) is 4.20. The molecule has 2 N–H and O–H groups in total. The molecule has 0 unspecified atom stereocenters. The van der Waals surface area contributed by atoms with Gasteiger partial charge in [-0.3, -0.25) is 4.79 Å². The van der Waals surface area contributed by atoms with Crippen LogP contribution in [0.4, 0.5) is 11.6 Å². The van der Waals surface area contributed by atoms with Crippen LogP contribution in [0.25, 0.3) is 0 Å². The second-order valence-electron chi connectivity index (χ2n) is 5.68. The number of benzene rings is 2. The largest absolute Gasteiger partial charge is 0.347 e. The van der Waals surface area contributed by atoms with Crippen molar-refractivity contribution in [3.8, 4) is 0 Å². The van der Waals surface area contributed by atoms with Crippen molar-refractivity contribution in [2.45, 2.75) is 13.5 Å². The molecular formula is C19H16Cl2N4O. The Balaban J connectivity index is 1.69. The highest BCUT2D eigenvalue weighted by Gasteiger charge is 2.10. The van der Waals surface area contributed by atoms with E-state index in [9.17, 15) is 4.79 Å². The fraction of sp³-hybridized carbons (Fsp3) is 0.105. The van der Waals surface area contributed by atoms with Crippen LogP contribution in [0.3, 0.4) is 0 Å². The summed E-state index contributed by atoms with van der Waals surface area (Å²) in [5.41, 5.74) is 3.01. The molecule has 3 rings (SSSR count). The lowest BCUT2D eigenvalue weighted by atomic mass is 10.1. The van der Waals surface area contributed by atoms with Gasteiger partial charge in [0.15, 0.2) is 0 Å². The number of rotatable bonds is 5. The van der Waals surface area contributed by atoms with E-state index >= 15 is 0 Å². The van der Waals surface area contributed by atoms with Gasteiger partial charge in [0.25, 0.3) is 5.91 Å². The molecule has 0 aliphatic heterocycles. The van der Waals surface area contributed by atoms with E-state index in [1.165, 1.54) is 11.8 Å². The minimum absolute atomic E-state index is 0.257. The third-order valence-electron chi connectivity index (χ3n) is 3.64. The number of nitrogens with one attached hydrogen (secondary N) is 2. The molecule has 7 heteroatoms. The number of halogens is 2. The number of hydrogen-bond donors (Lipinski definition) is 2. The molecule has 26 heavy (non-hydrogen) atoms. The fourth-order valence-corrected chi connectivity index (χ4v) is 2.57. The van der Waals surface area contributed by atoms with Gasteiger partial charge < -0.3 is 10.6 Å². The molecule has 0 saturated heterocycles. The Hall–Kier alpha value is -2.63. The van der Waals surface area contributed by atoms with E-state index in [1.807, 2.05) is 31.2 Å². The summed E-state index contributed by atoms with van der Waals surface area (Å²) in [5, 5.41) is 6.82. The Morgan fingerprint density at radius 2 is 1.85 bits per heavy atom. The molecule has 132 valence electrons. The molecule has 0 aliphatic carbocycles. The lowest BCUT2D eigenvalue weighted by Gasteiger charge is -2.09. The van der Waals surface area contributed by atoms with E-state index < -0.39 is 0 Å². The maximum atomic E-state index is 12.3. The van der Waals surface area contributed by atoms with Crippen LogP contribution < -0.4 is 10.6 Å². The Morgan fingerprint density at radius 1 is 1.08 bits per heavy atom. The van der Waals surface area contributed by atoms with Gasteiger partial charge in [-0.1, -0.05) is 53.0 Å². The lowest BCUT2D eigenvalue weighted by molar-refractivity contribution is 0.0946. The fourth-order valence-electron chi connectivity index (χ4n) is 2.24. The molecule has 0 bridgehead atoms. The van der Waals surface area contributed by atoms with Crippen molar-refractivity contribution in [1.29, 1.82) is 0 Å². The smallest absolute Gasteiger partial charge is 0.270 e. The van der Waals surface area contributed by atoms with Gasteiger partial charge in [0.05, 0.1) is 10.7 Å². The van der Waals surface area contributed by atoms with Crippen LogP contribution in [0.1, 0.15) is 21.6 Å². The first kappa shape index (κ1) is 18.2. The minimum atomic E-state index is -0.284. The zero-order valence-electron chi connectivity index (χ0n) is 14.0. The van der Waals surface area contributed by atoms with Gasteiger partial charge in [0, 0.05) is 17.8 Å². The average Bonchev–Trinajstić information content (AvgIpc) is 2.64. The van der Waals surface area contributed by atoms with Gasteiger partial charge >= 0.3 is 0 Å². The topological polar surface area (TPSA) is 66.9 Å². The second kappa shape index (κ2) is 8.17. The Labute approximate surface area is 161 Å². The molecule has 0 spiro atoms. The van der Waals surface area contributed by atoms with Crippen molar-refractivity contribution < 1.29 is 4.79 Å². The van der Waals surface area contributed by atoms with Crippen molar-refractivity contribution in [3.05, 3.63) is 81.6 Å². The SMILES string of the molecule is Cc1ccc(CNC(=O)c2ccnc(Nc3cc(Cl)ccc3Cl)n2)cc1. The summed E-state index contributed by atoms with van der Waals surface area (Å²) in [6.45, 7) is 2.44. The Morgan fingerprint density at radius 3 is 2.62 bits per heavy atom. The molecule has 0 atom stereocenters. The molecule has 0 radical (unpaired) electrons. The van der Waals surface area contributed by atoms with Gasteiger partial charge in [0.1, 0.15) is 5.69 Å². The number of carbonyl (C=O) groups excluding carboxylic acids is 1. The predicted octanol–water partition coefficient (Wildman–Crippen LogP) is 4.77. The van der Waals surface area contributed by atoms with Crippen molar-refractivity contribution >= 4 is 40.7 Å². The molecule has 0 fully saturated rings. The summed E-state index contributed by atoms with van der Waals surface area (Å²) in [7, 11) is 0. The van der Waals surface area contributed by atoms with E-state index in [-0.39, 0.29) is 17.5 Å². The number of anilines is 2. The summed E-state index contributed by atoms with van der Waals surface area (Å²) in [5.74, 6) is -0.0228. The van der Waals surface area contributed by atoms with Crippen LogP contribution in [-0.4, -0.2) is 15.9 Å². The van der Waals surface area contributed by atoms with E-state index in [0.29, 0.717) is 22.3 Å². The van der Waals surface area contributed by atoms with Gasteiger partial charge in [-0.15, -0.1) is 0 Å². The average molecular weight is 387 g/mol. The molecule has 2 aromatic carbocycles. The minimum Gasteiger partial charge on any atom is -0.347 e. The van der Waals surface area contributed by atoms with Gasteiger partial charge in [0.2, 0.25) is 5.95 Å². The first-order valence-corrected chi connectivity index (χ1v) is 8.66. The van der Waals surface area contributed by atoms with Crippen molar-refractivity contribution in [2.75, 3.05) is 5.32 Å². The lowest BCUT2D eigenvalue weighted by Crippen LogP contribution is -2.24. The molecular weight excluding hydrogens is 371 g/mol. The van der Waals surface area contributed by atoms with Crippen LogP contribution in [0, 0.1) is 6.92 Å². The summed E-state index contributed by atoms with van der Waals surface area (Å²) >= 11 is 12.1. The Kier molecular flexibility index (Phi) is 5.71. The molecule has 5 nitrogen and oxygen atoms in total. The normalized spacial score (nSPS) is 10.4. The summed E-state index contributed by atoms with van der Waals surface area (Å²) in [6.07, 6.45) is 1.51. The highest BCUT2D eigenvalue weighted by atomic mass is 35.5. The molecule has 1 amide bonds. The highest BCUT2D eigenvalue weighted by molar-refractivity contribution is 6.35. The first-order chi connectivity index (χ1) is 12.5. The van der Waals surface area contributed by atoms with Crippen molar-refractivity contribution in [2.24, 2.45) is 0 Å². The molecule has 1 aromatic heterocycles. The van der Waals surface area contributed by atoms with Crippen LogP contribution in [0.5, 0.6) is 0 Å². The quantitative estimate of drug-likeness (QED) is 0.662. The number of aryl methyl sites for hydroxylation is 1. The summed E-state index contributed by atoms with van der Waals surface area (Å²) in [4.78, 5) is 20.7. The molecule has 0 saturated carbocycles. The maximum Gasteiger partial charge on any atom is 0.270 e. The molecule has 3 aromatic rings. The predicted molar refractivity (Wildman–Crippen MR) is 104 cm³/mol. The maximum absolute atomic E-state index is 12.3. The third kappa shape index (κ3) is 4.71. The number of hydrogen-bond acceptors (Lipinski definition) is 4. The van der Waals surface area contributed by atoms with E-state index in [0.717, 1.165) is 5.56 Å². The van der Waals surface area contributed by atoms with Crippen LogP contribution >= 0.6 is 23.2 Å². The number of aromatic nitrogens is 2. The number of amides is 1. The van der Waals surface area contributed by atoms with Gasteiger partial charge in [-0.25, -0.2) is 9.97 Å². The van der Waals surface area contributed by atoms with Gasteiger partial charge in [-0.05, 0) is 36.8 Å². The summed E-state index contributed by atoms with van der Waals surface area (Å²) in [6, 6.07) is 14.5. The van der Waals surface area contributed by atoms with Crippen molar-refractivity contribution in [1.82, 2.24) is 15.3 Å². The second-order valence-corrected chi connectivity index (χ2v) is 6.53. The monoisotopic (exact) mass is 386 g/mol. The highest BCUT2D eigenvalue weighted by Crippen LogP contribution is 2.27. The van der Waals surface area contributed by atoms with E-state index in [4.69, 9.17) is 23.2 Å². The zero-order chi connectivity index (χ0) is 18.5. The van der Waals surface area contributed by atoms with Crippen molar-refractivity contribution in [3.63, 3.8) is 0 Å². The number of nitrogens with zero attached hydrogens (tertiary/aromatic N) is 2. The van der Waals surface area contributed by atoms with Crippen LogP contribution in [-0.2, 0) is 6.54 Å². The number of carbonyl (C=O) groups is 1. The van der Waals surface area contributed by atoms with Crippen LogP contribution in [0.15, 0.2) is 54.7 Å². The standard InChI is InChI=1S/C19H16Cl2N4O/c1-12-2-4-13(5-3-12)11-23-18(26)16-8-9-22-19(24-16)25-17-10-14(20)6-7-15(17)21/h2-10H,11H2,1H3,(H,23,26)(H,22,24,25). The van der Waals surface area contributed by atoms with Gasteiger partial charge in [-0.2, -0.15) is 0 Å².